The predicted molar refractivity (Wildman–Crippen MR) is 116 cm³/mol. The summed E-state index contributed by atoms with van der Waals surface area (Å²) in [6, 6.07) is 2.92. The number of piperidine rings is 1. The number of benzene rings is 1. The standard InChI is InChI=1S/C20H21N7O5S/c21-18-17-19(26(9-22-18)6-3-12-1-4-25(10-28)5-2-12)24-20(23-17)33-16-8-15-14(31-11-32-15)7-13(16)27(29)30/h7-10,12,21H,1-6,11H2,(H,23,24). The normalized spacial score (nSPS) is 15.8. The number of nitro groups is 1. The van der Waals surface area contributed by atoms with Crippen molar-refractivity contribution in [1.29, 1.82) is 5.41 Å². The van der Waals surface area contributed by atoms with Crippen molar-refractivity contribution in [2.24, 2.45) is 5.92 Å². The zero-order valence-corrected chi connectivity index (χ0v) is 18.3. The molecule has 0 bridgehead atoms. The minimum atomic E-state index is -0.472. The summed E-state index contributed by atoms with van der Waals surface area (Å²) in [5.41, 5.74) is 0.994. The van der Waals surface area contributed by atoms with E-state index in [4.69, 9.17) is 14.9 Å². The molecular formula is C20H21N7O5S. The smallest absolute Gasteiger partial charge is 0.287 e. The monoisotopic (exact) mass is 471 g/mol. The lowest BCUT2D eigenvalue weighted by Crippen LogP contribution is -2.32. The average molecular weight is 471 g/mol. The maximum atomic E-state index is 11.6. The van der Waals surface area contributed by atoms with Crippen molar-refractivity contribution >= 4 is 35.0 Å². The van der Waals surface area contributed by atoms with Gasteiger partial charge in [-0.3, -0.25) is 20.3 Å². The zero-order chi connectivity index (χ0) is 22.9. The van der Waals surface area contributed by atoms with E-state index in [0.717, 1.165) is 50.5 Å². The van der Waals surface area contributed by atoms with Crippen LogP contribution in [0.25, 0.3) is 11.2 Å². The lowest BCUT2D eigenvalue weighted by molar-refractivity contribution is -0.387. The minimum Gasteiger partial charge on any atom is -0.454 e. The molecule has 2 aliphatic heterocycles. The molecule has 0 radical (unpaired) electrons. The SMILES string of the molecule is N=c1ncn(CCC2CCN(C=O)CC2)c2nc(Sc3cc4c(cc3[N+](=O)[O-])OCO4)[nH]c12. The predicted octanol–water partition coefficient (Wildman–Crippen LogP) is 2.29. The molecule has 1 amide bonds. The number of imidazole rings is 1. The van der Waals surface area contributed by atoms with E-state index in [2.05, 4.69) is 15.0 Å². The molecule has 0 atom stereocenters. The number of nitro benzene ring substituents is 1. The van der Waals surface area contributed by atoms with Crippen LogP contribution >= 0.6 is 11.8 Å². The number of aromatic amines is 1. The maximum absolute atomic E-state index is 11.6. The van der Waals surface area contributed by atoms with Crippen LogP contribution in [0.1, 0.15) is 19.3 Å². The molecule has 0 saturated carbocycles. The van der Waals surface area contributed by atoms with Gasteiger partial charge in [-0.2, -0.15) is 0 Å². The van der Waals surface area contributed by atoms with E-state index in [0.29, 0.717) is 45.2 Å². The first-order valence-corrected chi connectivity index (χ1v) is 11.3. The molecule has 1 aromatic carbocycles. The number of carbonyl (C=O) groups excluding carboxylic acids is 1. The molecule has 0 unspecified atom stereocenters. The highest BCUT2D eigenvalue weighted by molar-refractivity contribution is 7.99. The van der Waals surface area contributed by atoms with Crippen LogP contribution in [0.5, 0.6) is 11.5 Å². The highest BCUT2D eigenvalue weighted by Crippen LogP contribution is 2.43. The number of nitrogens with one attached hydrogen (secondary N) is 2. The summed E-state index contributed by atoms with van der Waals surface area (Å²) in [6.07, 6.45) is 5.33. The van der Waals surface area contributed by atoms with Crippen molar-refractivity contribution in [3.05, 3.63) is 34.1 Å². The number of aromatic nitrogens is 4. The molecule has 1 fully saturated rings. The molecule has 3 aromatic rings. The molecule has 33 heavy (non-hydrogen) atoms. The van der Waals surface area contributed by atoms with E-state index in [1.807, 2.05) is 4.57 Å². The highest BCUT2D eigenvalue weighted by Gasteiger charge is 2.25. The minimum absolute atomic E-state index is 0.0211. The largest absolute Gasteiger partial charge is 0.454 e. The fourth-order valence-electron chi connectivity index (χ4n) is 4.08. The Labute approximate surface area is 191 Å². The lowest BCUT2D eigenvalue weighted by Gasteiger charge is -2.29. The summed E-state index contributed by atoms with van der Waals surface area (Å²) >= 11 is 1.09. The Kier molecular flexibility index (Phi) is 5.62. The Morgan fingerprint density at radius 2 is 2.06 bits per heavy atom. The van der Waals surface area contributed by atoms with Crippen molar-refractivity contribution in [1.82, 2.24) is 24.4 Å². The van der Waals surface area contributed by atoms with Gasteiger partial charge in [0.2, 0.25) is 13.2 Å². The topological polar surface area (TPSA) is 152 Å². The lowest BCUT2D eigenvalue weighted by atomic mass is 9.94. The molecule has 0 aliphatic carbocycles. The number of fused-ring (bicyclic) bond motifs is 2. The molecule has 2 aliphatic rings. The van der Waals surface area contributed by atoms with Crippen LogP contribution in [0.3, 0.4) is 0 Å². The first-order valence-electron chi connectivity index (χ1n) is 10.5. The number of aryl methyl sites for hydroxylation is 1. The Morgan fingerprint density at radius 3 is 2.79 bits per heavy atom. The van der Waals surface area contributed by atoms with Gasteiger partial charge in [-0.05, 0) is 36.9 Å². The second-order valence-electron chi connectivity index (χ2n) is 7.93. The van der Waals surface area contributed by atoms with Crippen LogP contribution in [-0.4, -0.2) is 55.6 Å². The Balaban J connectivity index is 1.39. The van der Waals surface area contributed by atoms with Gasteiger partial charge in [-0.15, -0.1) is 0 Å². The number of H-pyrrole nitrogens is 1. The first-order chi connectivity index (χ1) is 16.0. The number of hydrogen-bond acceptors (Lipinski definition) is 9. The van der Waals surface area contributed by atoms with Crippen LogP contribution in [-0.2, 0) is 11.3 Å². The Bertz CT molecular complexity index is 1280. The van der Waals surface area contributed by atoms with Gasteiger partial charge in [0.25, 0.3) is 5.69 Å². The van der Waals surface area contributed by atoms with Crippen molar-refractivity contribution in [3.8, 4) is 11.5 Å². The molecule has 1 saturated heterocycles. The van der Waals surface area contributed by atoms with Crippen LogP contribution in [0.4, 0.5) is 5.69 Å². The summed E-state index contributed by atoms with van der Waals surface area (Å²) < 4.78 is 12.5. The van der Waals surface area contributed by atoms with Crippen LogP contribution in [0.15, 0.2) is 28.5 Å². The van der Waals surface area contributed by atoms with Crippen molar-refractivity contribution in [2.45, 2.75) is 35.9 Å². The molecule has 4 heterocycles. The number of likely N-dealkylation sites (tertiary alicyclic amines) is 1. The van der Waals surface area contributed by atoms with Gasteiger partial charge in [0, 0.05) is 25.7 Å². The number of hydrogen-bond donors (Lipinski definition) is 2. The fourth-order valence-corrected chi connectivity index (χ4v) is 4.98. The van der Waals surface area contributed by atoms with Gasteiger partial charge in [-0.25, -0.2) is 9.97 Å². The number of rotatable bonds is 7. The number of carbonyl (C=O) groups is 1. The van der Waals surface area contributed by atoms with Gasteiger partial charge >= 0.3 is 0 Å². The third kappa shape index (κ3) is 4.23. The van der Waals surface area contributed by atoms with E-state index in [1.165, 1.54) is 6.07 Å². The molecule has 13 heteroatoms. The molecule has 2 aromatic heterocycles. The Hall–Kier alpha value is -3.61. The zero-order valence-electron chi connectivity index (χ0n) is 17.5. The number of ether oxygens (including phenoxy) is 2. The molecule has 0 spiro atoms. The molecule has 2 N–H and O–H groups in total. The van der Waals surface area contributed by atoms with Crippen LogP contribution in [0.2, 0.25) is 0 Å². The van der Waals surface area contributed by atoms with E-state index >= 15 is 0 Å². The third-order valence-electron chi connectivity index (χ3n) is 5.93. The summed E-state index contributed by atoms with van der Waals surface area (Å²) in [5.74, 6) is 1.28. The van der Waals surface area contributed by atoms with E-state index in [-0.39, 0.29) is 18.0 Å². The van der Waals surface area contributed by atoms with E-state index < -0.39 is 4.92 Å². The quantitative estimate of drug-likeness (QED) is 0.302. The molecule has 172 valence electrons. The van der Waals surface area contributed by atoms with Crippen molar-refractivity contribution < 1.29 is 19.2 Å². The molecule has 5 rings (SSSR count). The fraction of sp³-hybridized carbons (Fsp3) is 0.400. The van der Waals surface area contributed by atoms with Gasteiger partial charge in [0.15, 0.2) is 27.8 Å². The summed E-state index contributed by atoms with van der Waals surface area (Å²) in [6.45, 7) is 2.24. The van der Waals surface area contributed by atoms with Crippen molar-refractivity contribution in [3.63, 3.8) is 0 Å². The van der Waals surface area contributed by atoms with Crippen LogP contribution < -0.4 is 15.0 Å². The maximum Gasteiger partial charge on any atom is 0.287 e. The number of amides is 1. The Morgan fingerprint density at radius 1 is 1.30 bits per heavy atom. The second kappa shape index (κ2) is 8.73. The highest BCUT2D eigenvalue weighted by atomic mass is 32.2. The van der Waals surface area contributed by atoms with Gasteiger partial charge in [-0.1, -0.05) is 0 Å². The van der Waals surface area contributed by atoms with E-state index in [9.17, 15) is 14.9 Å². The molecular weight excluding hydrogens is 450 g/mol. The van der Waals surface area contributed by atoms with E-state index in [1.54, 1.807) is 17.3 Å². The van der Waals surface area contributed by atoms with Gasteiger partial charge in [0.05, 0.1) is 22.2 Å². The second-order valence-corrected chi connectivity index (χ2v) is 8.96. The third-order valence-corrected chi connectivity index (χ3v) is 6.87. The van der Waals surface area contributed by atoms with Crippen LogP contribution in [0, 0.1) is 21.4 Å². The van der Waals surface area contributed by atoms with Gasteiger partial charge in [0.1, 0.15) is 5.52 Å². The summed E-state index contributed by atoms with van der Waals surface area (Å²) in [7, 11) is 0. The van der Waals surface area contributed by atoms with Crippen molar-refractivity contribution in [2.75, 3.05) is 19.9 Å². The first kappa shape index (κ1) is 21.2. The van der Waals surface area contributed by atoms with Gasteiger partial charge < -0.3 is 23.9 Å². The summed E-state index contributed by atoms with van der Waals surface area (Å²) in [4.78, 5) is 36.0. The number of nitrogens with zero attached hydrogens (tertiary/aromatic N) is 5. The summed E-state index contributed by atoms with van der Waals surface area (Å²) in [5, 5.41) is 20.1. The molecule has 12 nitrogen and oxygen atoms in total. The average Bonchev–Trinajstić information content (AvgIpc) is 3.45.